The number of pyridine rings is 1. The molecule has 2 nitrogen and oxygen atoms in total. The highest BCUT2D eigenvalue weighted by molar-refractivity contribution is 14.1. The molecule has 15 heavy (non-hydrogen) atoms. The SMILES string of the molecule is N#Cc1ccc(I)c(-c2cccnc2)c1. The van der Waals surface area contributed by atoms with E-state index in [1.54, 1.807) is 12.4 Å². The Kier molecular flexibility index (Phi) is 2.97. The molecule has 0 aliphatic carbocycles. The van der Waals surface area contributed by atoms with Gasteiger partial charge < -0.3 is 0 Å². The molecule has 0 amide bonds. The maximum Gasteiger partial charge on any atom is 0.0991 e. The van der Waals surface area contributed by atoms with Crippen molar-refractivity contribution in [3.63, 3.8) is 0 Å². The van der Waals surface area contributed by atoms with Gasteiger partial charge in [0.15, 0.2) is 0 Å². The maximum atomic E-state index is 8.83. The second kappa shape index (κ2) is 4.41. The second-order valence-electron chi connectivity index (χ2n) is 3.05. The minimum absolute atomic E-state index is 0.675. The lowest BCUT2D eigenvalue weighted by Gasteiger charge is -2.04. The third-order valence-electron chi connectivity index (χ3n) is 2.07. The van der Waals surface area contributed by atoms with Crippen molar-refractivity contribution in [2.45, 2.75) is 0 Å². The largest absolute Gasteiger partial charge is 0.264 e. The molecule has 0 fully saturated rings. The number of benzene rings is 1. The first-order valence-corrected chi connectivity index (χ1v) is 5.49. The van der Waals surface area contributed by atoms with Gasteiger partial charge in [-0.2, -0.15) is 5.26 Å². The normalized spacial score (nSPS) is 9.60. The third-order valence-corrected chi connectivity index (χ3v) is 3.01. The summed E-state index contributed by atoms with van der Waals surface area (Å²) in [7, 11) is 0. The van der Waals surface area contributed by atoms with Crippen LogP contribution in [0.1, 0.15) is 5.56 Å². The van der Waals surface area contributed by atoms with Gasteiger partial charge in [0, 0.05) is 21.5 Å². The Bertz CT molecular complexity index is 515. The van der Waals surface area contributed by atoms with Crippen molar-refractivity contribution < 1.29 is 0 Å². The summed E-state index contributed by atoms with van der Waals surface area (Å²) in [6.07, 6.45) is 3.54. The average Bonchev–Trinajstić information content (AvgIpc) is 2.31. The molecule has 0 spiro atoms. The van der Waals surface area contributed by atoms with E-state index in [4.69, 9.17) is 5.26 Å². The summed E-state index contributed by atoms with van der Waals surface area (Å²) in [5.41, 5.74) is 2.77. The number of aromatic nitrogens is 1. The number of hydrogen-bond donors (Lipinski definition) is 0. The Labute approximate surface area is 102 Å². The summed E-state index contributed by atoms with van der Waals surface area (Å²) in [6.45, 7) is 0. The number of rotatable bonds is 1. The third kappa shape index (κ3) is 2.16. The minimum Gasteiger partial charge on any atom is -0.264 e. The molecule has 0 aliphatic heterocycles. The van der Waals surface area contributed by atoms with Crippen molar-refractivity contribution in [3.8, 4) is 17.2 Å². The van der Waals surface area contributed by atoms with Gasteiger partial charge in [0.05, 0.1) is 11.6 Å². The zero-order valence-corrected chi connectivity index (χ0v) is 9.97. The summed E-state index contributed by atoms with van der Waals surface area (Å²) in [5.74, 6) is 0. The summed E-state index contributed by atoms with van der Waals surface area (Å²) in [6, 6.07) is 11.7. The molecule has 0 radical (unpaired) electrons. The fourth-order valence-electron chi connectivity index (χ4n) is 1.34. The van der Waals surface area contributed by atoms with Crippen LogP contribution in [-0.4, -0.2) is 4.98 Å². The molecular formula is C12H7IN2. The lowest BCUT2D eigenvalue weighted by molar-refractivity contribution is 1.33. The molecule has 0 saturated heterocycles. The quantitative estimate of drug-likeness (QED) is 0.759. The topological polar surface area (TPSA) is 36.7 Å². The summed E-state index contributed by atoms with van der Waals surface area (Å²) in [5, 5.41) is 8.83. The van der Waals surface area contributed by atoms with Crippen molar-refractivity contribution in [1.29, 1.82) is 5.26 Å². The molecular weight excluding hydrogens is 299 g/mol. The van der Waals surface area contributed by atoms with Crippen LogP contribution in [0.5, 0.6) is 0 Å². The first kappa shape index (κ1) is 10.1. The van der Waals surface area contributed by atoms with E-state index in [1.807, 2.05) is 30.3 Å². The van der Waals surface area contributed by atoms with E-state index in [2.05, 4.69) is 33.6 Å². The molecule has 72 valence electrons. The molecule has 0 saturated carbocycles. The molecule has 2 aromatic rings. The van der Waals surface area contributed by atoms with Crippen molar-refractivity contribution in [3.05, 3.63) is 51.9 Å². The van der Waals surface area contributed by atoms with Gasteiger partial charge in [0.25, 0.3) is 0 Å². The zero-order chi connectivity index (χ0) is 10.7. The fraction of sp³-hybridized carbons (Fsp3) is 0. The molecule has 0 N–H and O–H groups in total. The molecule has 0 aliphatic rings. The average molecular weight is 306 g/mol. The summed E-state index contributed by atoms with van der Waals surface area (Å²) < 4.78 is 1.12. The molecule has 0 bridgehead atoms. The zero-order valence-electron chi connectivity index (χ0n) is 7.81. The smallest absolute Gasteiger partial charge is 0.0991 e. The standard InChI is InChI=1S/C12H7IN2/c13-12-4-3-9(7-14)6-11(12)10-2-1-5-15-8-10/h1-6,8H. The van der Waals surface area contributed by atoms with Crippen LogP contribution >= 0.6 is 22.6 Å². The van der Waals surface area contributed by atoms with Crippen molar-refractivity contribution in [1.82, 2.24) is 4.98 Å². The monoisotopic (exact) mass is 306 g/mol. The van der Waals surface area contributed by atoms with Crippen LogP contribution in [0.15, 0.2) is 42.7 Å². The van der Waals surface area contributed by atoms with Gasteiger partial charge in [-0.15, -0.1) is 0 Å². The number of halogens is 1. The van der Waals surface area contributed by atoms with Gasteiger partial charge in [-0.1, -0.05) is 6.07 Å². The predicted octanol–water partition coefficient (Wildman–Crippen LogP) is 3.22. The summed E-state index contributed by atoms with van der Waals surface area (Å²) in [4.78, 5) is 4.07. The first-order valence-electron chi connectivity index (χ1n) is 4.41. The Morgan fingerprint density at radius 1 is 1.27 bits per heavy atom. The molecule has 0 atom stereocenters. The molecule has 3 heteroatoms. The van der Waals surface area contributed by atoms with Crippen LogP contribution in [0.4, 0.5) is 0 Å². The Morgan fingerprint density at radius 2 is 2.13 bits per heavy atom. The number of nitriles is 1. The van der Waals surface area contributed by atoms with Crippen LogP contribution in [0, 0.1) is 14.9 Å². The second-order valence-corrected chi connectivity index (χ2v) is 4.21. The van der Waals surface area contributed by atoms with E-state index in [0.717, 1.165) is 14.7 Å². The van der Waals surface area contributed by atoms with Crippen molar-refractivity contribution in [2.24, 2.45) is 0 Å². The van der Waals surface area contributed by atoms with Crippen molar-refractivity contribution >= 4 is 22.6 Å². The van der Waals surface area contributed by atoms with Crippen LogP contribution < -0.4 is 0 Å². The van der Waals surface area contributed by atoms with Crippen molar-refractivity contribution in [2.75, 3.05) is 0 Å². The van der Waals surface area contributed by atoms with Gasteiger partial charge in [-0.3, -0.25) is 4.98 Å². The van der Waals surface area contributed by atoms with Gasteiger partial charge in [0.2, 0.25) is 0 Å². The number of nitrogens with zero attached hydrogens (tertiary/aromatic N) is 2. The molecule has 1 heterocycles. The highest BCUT2D eigenvalue weighted by Gasteiger charge is 2.03. The van der Waals surface area contributed by atoms with E-state index in [-0.39, 0.29) is 0 Å². The van der Waals surface area contributed by atoms with Crippen LogP contribution in [0.2, 0.25) is 0 Å². The Hall–Kier alpha value is -1.41. The van der Waals surface area contributed by atoms with E-state index in [0.29, 0.717) is 5.56 Å². The highest BCUT2D eigenvalue weighted by atomic mass is 127. The van der Waals surface area contributed by atoms with Crippen LogP contribution in [-0.2, 0) is 0 Å². The highest BCUT2D eigenvalue weighted by Crippen LogP contribution is 2.25. The van der Waals surface area contributed by atoms with Crippen LogP contribution in [0.25, 0.3) is 11.1 Å². The lowest BCUT2D eigenvalue weighted by Crippen LogP contribution is -1.85. The minimum atomic E-state index is 0.675. The molecule has 2 rings (SSSR count). The molecule has 0 unspecified atom stereocenters. The first-order chi connectivity index (χ1) is 7.31. The Balaban J connectivity index is 2.58. The van der Waals surface area contributed by atoms with E-state index in [9.17, 15) is 0 Å². The van der Waals surface area contributed by atoms with Gasteiger partial charge >= 0.3 is 0 Å². The van der Waals surface area contributed by atoms with Gasteiger partial charge in [-0.25, -0.2) is 0 Å². The van der Waals surface area contributed by atoms with E-state index < -0.39 is 0 Å². The van der Waals surface area contributed by atoms with Gasteiger partial charge in [0.1, 0.15) is 0 Å². The van der Waals surface area contributed by atoms with E-state index in [1.165, 1.54) is 0 Å². The summed E-state index contributed by atoms with van der Waals surface area (Å²) >= 11 is 2.26. The lowest BCUT2D eigenvalue weighted by atomic mass is 10.1. The number of hydrogen-bond acceptors (Lipinski definition) is 2. The van der Waals surface area contributed by atoms with Gasteiger partial charge in [-0.05, 0) is 52.4 Å². The molecule has 1 aromatic heterocycles. The Morgan fingerprint density at radius 3 is 2.80 bits per heavy atom. The van der Waals surface area contributed by atoms with E-state index >= 15 is 0 Å². The van der Waals surface area contributed by atoms with Crippen LogP contribution in [0.3, 0.4) is 0 Å². The maximum absolute atomic E-state index is 8.83. The molecule has 1 aromatic carbocycles. The fourth-order valence-corrected chi connectivity index (χ4v) is 1.99. The predicted molar refractivity (Wildman–Crippen MR) is 67.1 cm³/mol.